The summed E-state index contributed by atoms with van der Waals surface area (Å²) in [5, 5.41) is 9.77. The predicted octanol–water partition coefficient (Wildman–Crippen LogP) is 3.80. The fourth-order valence-electron chi connectivity index (χ4n) is 5.22. The van der Waals surface area contributed by atoms with Crippen molar-refractivity contribution >= 4 is 5.91 Å². The van der Waals surface area contributed by atoms with Gasteiger partial charge in [0.05, 0.1) is 18.6 Å². The third kappa shape index (κ3) is 4.91. The maximum Gasteiger partial charge on any atom is 0.272 e. The van der Waals surface area contributed by atoms with Gasteiger partial charge in [-0.3, -0.25) is 4.79 Å². The van der Waals surface area contributed by atoms with Crippen molar-refractivity contribution in [1.82, 2.24) is 19.4 Å². The van der Waals surface area contributed by atoms with E-state index in [2.05, 4.69) is 9.88 Å². The van der Waals surface area contributed by atoms with Crippen molar-refractivity contribution < 1.29 is 14.3 Å². The monoisotopic (exact) mass is 462 g/mol. The second-order valence-electron chi connectivity index (χ2n) is 9.36. The Morgan fingerprint density at radius 3 is 2.41 bits per heavy atom. The fraction of sp³-hybridized carbons (Fsp3) is 0.407. The first kappa shape index (κ1) is 22.7. The fourth-order valence-corrected chi connectivity index (χ4v) is 5.22. The Labute approximate surface area is 199 Å². The van der Waals surface area contributed by atoms with E-state index in [9.17, 15) is 14.3 Å². The lowest BCUT2D eigenvalue weighted by Crippen LogP contribution is -2.49. The van der Waals surface area contributed by atoms with E-state index >= 15 is 0 Å². The summed E-state index contributed by atoms with van der Waals surface area (Å²) in [6, 6.07) is 15.0. The van der Waals surface area contributed by atoms with Gasteiger partial charge in [0.1, 0.15) is 11.5 Å². The molecule has 0 radical (unpaired) electrons. The number of aliphatic hydroxyl groups excluding tert-OH is 1. The first-order valence-electron chi connectivity index (χ1n) is 12.1. The smallest absolute Gasteiger partial charge is 0.272 e. The molecule has 2 aromatic carbocycles. The number of hydrogen-bond donors (Lipinski definition) is 1. The third-order valence-electron chi connectivity index (χ3n) is 7.21. The second kappa shape index (κ2) is 10.1. The Hall–Kier alpha value is -3.03. The van der Waals surface area contributed by atoms with Gasteiger partial charge in [0.2, 0.25) is 0 Å². The molecule has 0 bridgehead atoms. The van der Waals surface area contributed by atoms with E-state index in [1.165, 1.54) is 12.1 Å². The average Bonchev–Trinajstić information content (AvgIpc) is 3.33. The standard InChI is InChI=1S/C27H31FN4O2/c28-22-7-5-20(6-8-22)25-4-2-1-3-21(25)18-32-19-29-17-26(32)27(34)31-13-9-23(10-14-31)30-15-11-24(33)12-16-30/h1-8,17,19,23-24,33H,9-16,18H2. The molecule has 34 heavy (non-hydrogen) atoms. The molecule has 0 saturated carbocycles. The van der Waals surface area contributed by atoms with E-state index in [1.54, 1.807) is 24.7 Å². The Kier molecular flexibility index (Phi) is 6.74. The molecular weight excluding hydrogens is 431 g/mol. The van der Waals surface area contributed by atoms with Gasteiger partial charge in [0, 0.05) is 38.8 Å². The first-order chi connectivity index (χ1) is 16.6. The van der Waals surface area contributed by atoms with E-state index in [4.69, 9.17) is 0 Å². The number of imidazole rings is 1. The zero-order valence-electron chi connectivity index (χ0n) is 19.3. The molecule has 0 atom stereocenters. The number of aromatic nitrogens is 2. The van der Waals surface area contributed by atoms with E-state index in [-0.39, 0.29) is 17.8 Å². The zero-order chi connectivity index (χ0) is 23.5. The van der Waals surface area contributed by atoms with Gasteiger partial charge in [-0.15, -0.1) is 0 Å². The van der Waals surface area contributed by atoms with Crippen LogP contribution in [0.1, 0.15) is 41.7 Å². The Bertz CT molecular complexity index is 1110. The van der Waals surface area contributed by atoms with Gasteiger partial charge in [-0.25, -0.2) is 9.37 Å². The van der Waals surface area contributed by atoms with Gasteiger partial charge >= 0.3 is 0 Å². The van der Waals surface area contributed by atoms with Crippen LogP contribution in [0.25, 0.3) is 11.1 Å². The van der Waals surface area contributed by atoms with Gasteiger partial charge in [-0.2, -0.15) is 0 Å². The van der Waals surface area contributed by atoms with Crippen molar-refractivity contribution in [2.45, 2.75) is 44.4 Å². The predicted molar refractivity (Wildman–Crippen MR) is 129 cm³/mol. The van der Waals surface area contributed by atoms with Crippen molar-refractivity contribution in [3.63, 3.8) is 0 Å². The molecule has 2 aliphatic heterocycles. The highest BCUT2D eigenvalue weighted by Crippen LogP contribution is 2.26. The highest BCUT2D eigenvalue weighted by molar-refractivity contribution is 5.92. The lowest BCUT2D eigenvalue weighted by molar-refractivity contribution is 0.0354. The van der Waals surface area contributed by atoms with Crippen LogP contribution in [0.4, 0.5) is 4.39 Å². The first-order valence-corrected chi connectivity index (χ1v) is 12.1. The molecule has 1 amide bonds. The summed E-state index contributed by atoms with van der Waals surface area (Å²) in [6.07, 6.45) is 6.82. The number of halogens is 1. The highest BCUT2D eigenvalue weighted by atomic mass is 19.1. The summed E-state index contributed by atoms with van der Waals surface area (Å²) in [5.74, 6) is -0.241. The van der Waals surface area contributed by atoms with Crippen LogP contribution in [-0.2, 0) is 6.54 Å². The van der Waals surface area contributed by atoms with Crippen LogP contribution in [0.3, 0.4) is 0 Å². The molecule has 0 unspecified atom stereocenters. The molecule has 5 rings (SSSR count). The summed E-state index contributed by atoms with van der Waals surface area (Å²) in [5.41, 5.74) is 3.60. The molecule has 3 aromatic rings. The molecular formula is C27H31FN4O2. The number of hydrogen-bond acceptors (Lipinski definition) is 4. The number of carbonyl (C=O) groups excluding carboxylic acids is 1. The van der Waals surface area contributed by atoms with E-state index in [0.29, 0.717) is 18.3 Å². The number of aliphatic hydroxyl groups is 1. The van der Waals surface area contributed by atoms with Gasteiger partial charge in [-0.05, 0) is 54.5 Å². The average molecular weight is 463 g/mol. The maximum atomic E-state index is 13.4. The van der Waals surface area contributed by atoms with Crippen molar-refractivity contribution in [3.05, 3.63) is 78.1 Å². The van der Waals surface area contributed by atoms with Crippen LogP contribution in [0, 0.1) is 5.82 Å². The number of benzene rings is 2. The number of rotatable bonds is 5. The molecule has 3 heterocycles. The minimum Gasteiger partial charge on any atom is -0.393 e. The van der Waals surface area contributed by atoms with Gasteiger partial charge in [-0.1, -0.05) is 36.4 Å². The number of piperidine rings is 2. The summed E-state index contributed by atoms with van der Waals surface area (Å²) in [4.78, 5) is 22.1. The molecule has 7 heteroatoms. The summed E-state index contributed by atoms with van der Waals surface area (Å²) in [6.45, 7) is 3.88. The SMILES string of the molecule is O=C(c1cncn1Cc1ccccc1-c1ccc(F)cc1)N1CCC(N2CCC(O)CC2)CC1. The Balaban J connectivity index is 1.27. The van der Waals surface area contributed by atoms with Gasteiger partial charge < -0.3 is 19.5 Å². The molecule has 0 aliphatic carbocycles. The number of carbonyl (C=O) groups is 1. The van der Waals surface area contributed by atoms with Crippen molar-refractivity contribution in [2.75, 3.05) is 26.2 Å². The highest BCUT2D eigenvalue weighted by Gasteiger charge is 2.30. The maximum absolute atomic E-state index is 13.4. The minimum atomic E-state index is -0.259. The quantitative estimate of drug-likeness (QED) is 0.627. The second-order valence-corrected chi connectivity index (χ2v) is 9.36. The third-order valence-corrected chi connectivity index (χ3v) is 7.21. The molecule has 1 N–H and O–H groups in total. The van der Waals surface area contributed by atoms with Gasteiger partial charge in [0.15, 0.2) is 0 Å². The van der Waals surface area contributed by atoms with Crippen LogP contribution in [0.5, 0.6) is 0 Å². The van der Waals surface area contributed by atoms with Crippen LogP contribution >= 0.6 is 0 Å². The number of nitrogens with zero attached hydrogens (tertiary/aromatic N) is 4. The topological polar surface area (TPSA) is 61.6 Å². The van der Waals surface area contributed by atoms with E-state index in [0.717, 1.165) is 68.6 Å². The summed E-state index contributed by atoms with van der Waals surface area (Å²) >= 11 is 0. The van der Waals surface area contributed by atoms with Gasteiger partial charge in [0.25, 0.3) is 5.91 Å². The van der Waals surface area contributed by atoms with E-state index < -0.39 is 0 Å². The Morgan fingerprint density at radius 1 is 0.971 bits per heavy atom. The van der Waals surface area contributed by atoms with Crippen LogP contribution < -0.4 is 0 Å². The molecule has 6 nitrogen and oxygen atoms in total. The van der Waals surface area contributed by atoms with Crippen LogP contribution in [0.2, 0.25) is 0 Å². The van der Waals surface area contributed by atoms with E-state index in [1.807, 2.05) is 33.7 Å². The molecule has 1 aromatic heterocycles. The number of likely N-dealkylation sites (tertiary alicyclic amines) is 2. The summed E-state index contributed by atoms with van der Waals surface area (Å²) in [7, 11) is 0. The Morgan fingerprint density at radius 2 is 1.68 bits per heavy atom. The number of amides is 1. The molecule has 2 saturated heterocycles. The van der Waals surface area contributed by atoms with Crippen molar-refractivity contribution in [3.8, 4) is 11.1 Å². The molecule has 2 aliphatic rings. The van der Waals surface area contributed by atoms with Crippen molar-refractivity contribution in [2.24, 2.45) is 0 Å². The van der Waals surface area contributed by atoms with Crippen LogP contribution in [0.15, 0.2) is 61.1 Å². The normalized spacial score (nSPS) is 18.4. The molecule has 2 fully saturated rings. The molecule has 178 valence electrons. The lowest BCUT2D eigenvalue weighted by Gasteiger charge is -2.41. The zero-order valence-corrected chi connectivity index (χ0v) is 19.3. The lowest BCUT2D eigenvalue weighted by atomic mass is 9.98. The minimum absolute atomic E-state index is 0.0179. The van der Waals surface area contributed by atoms with Crippen molar-refractivity contribution in [1.29, 1.82) is 0 Å². The summed E-state index contributed by atoms with van der Waals surface area (Å²) < 4.78 is 15.3. The van der Waals surface area contributed by atoms with Crippen LogP contribution in [-0.4, -0.2) is 68.7 Å². The molecule has 0 spiro atoms. The largest absolute Gasteiger partial charge is 0.393 e.